The van der Waals surface area contributed by atoms with Gasteiger partial charge in [0.25, 0.3) is 0 Å². The van der Waals surface area contributed by atoms with Crippen molar-refractivity contribution in [3.8, 4) is 0 Å². The molecule has 0 aromatic heterocycles. The van der Waals surface area contributed by atoms with Crippen LogP contribution in [0.25, 0.3) is 21.5 Å². The summed E-state index contributed by atoms with van der Waals surface area (Å²) >= 11 is 0. The van der Waals surface area contributed by atoms with E-state index in [-0.39, 0.29) is 0 Å². The van der Waals surface area contributed by atoms with Crippen molar-refractivity contribution in [1.82, 2.24) is 0 Å². The topological polar surface area (TPSA) is 6.48 Å². The third-order valence-corrected chi connectivity index (χ3v) is 8.93. The van der Waals surface area contributed by atoms with Crippen LogP contribution >= 0.6 is 0 Å². The average molecular weight is 573 g/mol. The van der Waals surface area contributed by atoms with Gasteiger partial charge in [-0.15, -0.1) is 0 Å². The largest absolute Gasteiger partial charge is 0.313 e. The zero-order valence-corrected chi connectivity index (χ0v) is 26.3. The van der Waals surface area contributed by atoms with Crippen molar-refractivity contribution in [2.45, 2.75) is 53.4 Å². The Morgan fingerprint density at radius 3 is 1.52 bits per heavy atom. The molecule has 2 aliphatic carbocycles. The molecule has 218 valence electrons. The molecule has 0 radical (unpaired) electrons. The van der Waals surface area contributed by atoms with Crippen LogP contribution in [-0.2, 0) is 0 Å². The quantitative estimate of drug-likeness (QED) is 0.147. The van der Waals surface area contributed by atoms with Gasteiger partial charge in [0.05, 0.1) is 11.4 Å². The second-order valence-corrected chi connectivity index (χ2v) is 12.4. The second kappa shape index (κ2) is 11.7. The van der Waals surface area contributed by atoms with Crippen LogP contribution < -0.4 is 9.80 Å². The van der Waals surface area contributed by atoms with Gasteiger partial charge in [0.15, 0.2) is 0 Å². The van der Waals surface area contributed by atoms with Gasteiger partial charge in [-0.1, -0.05) is 96.1 Å². The van der Waals surface area contributed by atoms with E-state index in [4.69, 9.17) is 0 Å². The number of allylic oxidation sites excluding steroid dienone is 7. The zero-order chi connectivity index (χ0) is 30.2. The number of hydrogen-bond donors (Lipinski definition) is 0. The second-order valence-electron chi connectivity index (χ2n) is 12.4. The number of nitrogens with zero attached hydrogens (tertiary/aromatic N) is 2. The normalized spacial score (nSPS) is 15.0. The van der Waals surface area contributed by atoms with Crippen LogP contribution in [0.4, 0.5) is 22.7 Å². The molecule has 0 saturated carbocycles. The Hall–Kier alpha value is -4.82. The molecule has 0 amide bonds. The first-order valence-corrected chi connectivity index (χ1v) is 15.9. The van der Waals surface area contributed by atoms with Gasteiger partial charge in [0.1, 0.15) is 0 Å². The Morgan fingerprint density at radius 2 is 1.02 bits per heavy atom. The number of aryl methyl sites for hydroxylation is 2. The standard InChI is InChI=1S/C42H40N2/c1-29-13-9-17-33(25-29)43(34-18-10-14-30(2)26-34)41-37-21-5-7-23-39(37)42(40-24-8-6-22-38(40)41)44(35-19-11-15-31(3)27-35)36-20-12-16-32(4)28-36/h5-10,13-15,17-18,20-28H,11-12,16,19H2,1-4H3. The molecule has 0 saturated heterocycles. The number of benzene rings is 5. The van der Waals surface area contributed by atoms with Crippen molar-refractivity contribution in [3.63, 3.8) is 0 Å². The smallest absolute Gasteiger partial charge is 0.0619 e. The van der Waals surface area contributed by atoms with E-state index in [0.29, 0.717) is 0 Å². The molecule has 0 fully saturated rings. The van der Waals surface area contributed by atoms with E-state index in [2.05, 4.69) is 159 Å². The van der Waals surface area contributed by atoms with Crippen LogP contribution in [0.5, 0.6) is 0 Å². The lowest BCUT2D eigenvalue weighted by molar-refractivity contribution is 0.870. The fraction of sp³-hybridized carbons (Fsp3) is 0.190. The fourth-order valence-electron chi connectivity index (χ4n) is 6.95. The molecular formula is C42H40N2. The van der Waals surface area contributed by atoms with Crippen LogP contribution in [0.2, 0.25) is 0 Å². The minimum Gasteiger partial charge on any atom is -0.313 e. The van der Waals surface area contributed by atoms with Gasteiger partial charge >= 0.3 is 0 Å². The summed E-state index contributed by atoms with van der Waals surface area (Å²) in [5, 5.41) is 5.01. The molecule has 0 heterocycles. The van der Waals surface area contributed by atoms with Gasteiger partial charge in [-0.25, -0.2) is 0 Å². The third kappa shape index (κ3) is 5.15. The van der Waals surface area contributed by atoms with Crippen molar-refractivity contribution in [2.24, 2.45) is 0 Å². The summed E-state index contributed by atoms with van der Waals surface area (Å²) in [5.41, 5.74) is 12.7. The monoisotopic (exact) mass is 572 g/mol. The molecule has 0 unspecified atom stereocenters. The Balaban J connectivity index is 1.60. The number of anilines is 4. The highest BCUT2D eigenvalue weighted by Crippen LogP contribution is 2.50. The first-order valence-electron chi connectivity index (χ1n) is 15.9. The van der Waals surface area contributed by atoms with Crippen molar-refractivity contribution < 1.29 is 0 Å². The molecule has 5 aromatic rings. The summed E-state index contributed by atoms with van der Waals surface area (Å²) < 4.78 is 0. The molecule has 2 aliphatic rings. The van der Waals surface area contributed by atoms with Gasteiger partial charge < -0.3 is 9.80 Å². The highest BCUT2D eigenvalue weighted by Gasteiger charge is 2.27. The van der Waals surface area contributed by atoms with Crippen molar-refractivity contribution in [2.75, 3.05) is 9.80 Å². The van der Waals surface area contributed by atoms with Gasteiger partial charge in [-0.3, -0.25) is 0 Å². The van der Waals surface area contributed by atoms with Gasteiger partial charge in [0.2, 0.25) is 0 Å². The van der Waals surface area contributed by atoms with E-state index in [9.17, 15) is 0 Å². The van der Waals surface area contributed by atoms with Crippen molar-refractivity contribution >= 4 is 44.3 Å². The summed E-state index contributed by atoms with van der Waals surface area (Å²) in [5.74, 6) is 0. The van der Waals surface area contributed by atoms with Crippen LogP contribution in [0.3, 0.4) is 0 Å². The van der Waals surface area contributed by atoms with Crippen LogP contribution in [0.15, 0.2) is 144 Å². The number of hydrogen-bond acceptors (Lipinski definition) is 2. The Kier molecular flexibility index (Phi) is 7.44. The lowest BCUT2D eigenvalue weighted by atomic mass is 9.93. The molecule has 2 heteroatoms. The summed E-state index contributed by atoms with van der Waals surface area (Å²) in [6.07, 6.45) is 13.9. The molecule has 2 nitrogen and oxygen atoms in total. The van der Waals surface area contributed by atoms with Gasteiger partial charge in [-0.05, 0) is 101 Å². The number of fused-ring (bicyclic) bond motifs is 2. The lowest BCUT2D eigenvalue weighted by Gasteiger charge is -2.35. The SMILES string of the molecule is CC1=CCCC(N(C2=CCCC(C)=C2)c2c3ccccc3c(N(c3cccc(C)c3)c3cccc(C)c3)c3ccccc23)=C1. The minimum absolute atomic E-state index is 1.02. The van der Waals surface area contributed by atoms with Crippen molar-refractivity contribution in [1.29, 1.82) is 0 Å². The highest BCUT2D eigenvalue weighted by molar-refractivity contribution is 6.22. The molecular weight excluding hydrogens is 532 g/mol. The van der Waals surface area contributed by atoms with E-state index in [0.717, 1.165) is 25.7 Å². The predicted octanol–water partition coefficient (Wildman–Crippen LogP) is 12.1. The van der Waals surface area contributed by atoms with E-state index in [1.54, 1.807) is 0 Å². The van der Waals surface area contributed by atoms with E-state index >= 15 is 0 Å². The average Bonchev–Trinajstić information content (AvgIpc) is 3.02. The molecule has 5 aromatic carbocycles. The summed E-state index contributed by atoms with van der Waals surface area (Å²) in [4.78, 5) is 5.05. The maximum absolute atomic E-state index is 2.58. The molecule has 0 spiro atoms. The van der Waals surface area contributed by atoms with Crippen LogP contribution in [-0.4, -0.2) is 0 Å². The molecule has 0 N–H and O–H groups in total. The predicted molar refractivity (Wildman–Crippen MR) is 190 cm³/mol. The van der Waals surface area contributed by atoms with Gasteiger partial charge in [-0.2, -0.15) is 0 Å². The van der Waals surface area contributed by atoms with Crippen molar-refractivity contribution in [3.05, 3.63) is 155 Å². The van der Waals surface area contributed by atoms with Crippen LogP contribution in [0.1, 0.15) is 50.7 Å². The summed E-state index contributed by atoms with van der Waals surface area (Å²) in [7, 11) is 0. The maximum Gasteiger partial charge on any atom is 0.0619 e. The molecule has 7 rings (SSSR count). The minimum atomic E-state index is 1.02. The molecule has 0 atom stereocenters. The maximum atomic E-state index is 2.58. The van der Waals surface area contributed by atoms with E-state index in [1.807, 2.05) is 0 Å². The zero-order valence-electron chi connectivity index (χ0n) is 26.3. The van der Waals surface area contributed by atoms with E-state index < -0.39 is 0 Å². The lowest BCUT2D eigenvalue weighted by Crippen LogP contribution is -2.24. The molecule has 44 heavy (non-hydrogen) atoms. The Bertz CT molecular complexity index is 1920. The highest BCUT2D eigenvalue weighted by atomic mass is 15.2. The van der Waals surface area contributed by atoms with Gasteiger partial charge in [0, 0.05) is 44.3 Å². The third-order valence-electron chi connectivity index (χ3n) is 8.93. The van der Waals surface area contributed by atoms with E-state index in [1.165, 1.54) is 78.0 Å². The first kappa shape index (κ1) is 28.0. The molecule has 0 aliphatic heterocycles. The molecule has 0 bridgehead atoms. The Morgan fingerprint density at radius 1 is 0.500 bits per heavy atom. The summed E-state index contributed by atoms with van der Waals surface area (Å²) in [6.45, 7) is 8.86. The van der Waals surface area contributed by atoms with Crippen LogP contribution in [0, 0.1) is 13.8 Å². The fourth-order valence-corrected chi connectivity index (χ4v) is 6.95. The number of rotatable bonds is 6. The summed E-state index contributed by atoms with van der Waals surface area (Å²) in [6, 6.07) is 35.8. The first-order chi connectivity index (χ1) is 21.5. The Labute approximate surface area is 261 Å².